The van der Waals surface area contributed by atoms with Gasteiger partial charge in [0.15, 0.2) is 0 Å². The van der Waals surface area contributed by atoms with Gasteiger partial charge in [0.25, 0.3) is 0 Å². The average Bonchev–Trinajstić information content (AvgIpc) is 3.10. The Balaban J connectivity index is 1.68. The van der Waals surface area contributed by atoms with E-state index in [0.29, 0.717) is 6.04 Å². The number of rotatable bonds is 4. The lowest BCUT2D eigenvalue weighted by Gasteiger charge is -2.21. The van der Waals surface area contributed by atoms with Gasteiger partial charge in [0.1, 0.15) is 0 Å². The molecule has 0 bridgehead atoms. The summed E-state index contributed by atoms with van der Waals surface area (Å²) in [6, 6.07) is 8.79. The number of carbonyl (C=O) groups is 1. The Kier molecular flexibility index (Phi) is 4.15. The lowest BCUT2D eigenvalue weighted by molar-refractivity contribution is -0.118. The van der Waals surface area contributed by atoms with Gasteiger partial charge in [0, 0.05) is 37.1 Å². The average molecular weight is 287 g/mol. The van der Waals surface area contributed by atoms with Crippen molar-refractivity contribution in [1.29, 1.82) is 0 Å². The summed E-state index contributed by atoms with van der Waals surface area (Å²) in [5.74, 6) is 0.206. The number of nitrogens with zero attached hydrogens (tertiary/aromatic N) is 2. The predicted molar refractivity (Wildman–Crippen MR) is 86.9 cm³/mol. The van der Waals surface area contributed by atoms with Crippen molar-refractivity contribution in [2.75, 3.05) is 29.4 Å². The van der Waals surface area contributed by atoms with Gasteiger partial charge in [-0.05, 0) is 43.5 Å². The fraction of sp³-hybridized carbons (Fsp3) is 0.588. The molecule has 1 unspecified atom stereocenters. The Morgan fingerprint density at radius 1 is 1.05 bits per heavy atom. The lowest BCUT2D eigenvalue weighted by Crippen LogP contribution is -2.41. The zero-order valence-electron chi connectivity index (χ0n) is 13.0. The summed E-state index contributed by atoms with van der Waals surface area (Å²) in [5.41, 5.74) is 2.30. The molecule has 0 aliphatic carbocycles. The molecule has 0 radical (unpaired) electrons. The Hall–Kier alpha value is -1.55. The van der Waals surface area contributed by atoms with E-state index >= 15 is 0 Å². The van der Waals surface area contributed by atoms with Gasteiger partial charge in [-0.1, -0.05) is 13.8 Å². The molecule has 4 nitrogen and oxygen atoms in total. The van der Waals surface area contributed by atoms with Crippen molar-refractivity contribution in [3.8, 4) is 0 Å². The van der Waals surface area contributed by atoms with Crippen LogP contribution >= 0.6 is 0 Å². The molecule has 0 saturated carbocycles. The first-order chi connectivity index (χ1) is 10.1. The summed E-state index contributed by atoms with van der Waals surface area (Å²) < 4.78 is 0. The van der Waals surface area contributed by atoms with Crippen molar-refractivity contribution in [1.82, 2.24) is 5.32 Å². The van der Waals surface area contributed by atoms with Crippen molar-refractivity contribution < 1.29 is 4.79 Å². The molecule has 1 atom stereocenters. The molecule has 1 aromatic rings. The summed E-state index contributed by atoms with van der Waals surface area (Å²) >= 11 is 0. The van der Waals surface area contributed by atoms with Crippen molar-refractivity contribution in [2.24, 2.45) is 0 Å². The van der Waals surface area contributed by atoms with Crippen LogP contribution in [0.4, 0.5) is 11.4 Å². The molecule has 0 aromatic heterocycles. The number of benzene rings is 1. The van der Waals surface area contributed by atoms with E-state index in [1.165, 1.54) is 18.5 Å². The minimum absolute atomic E-state index is 0.0248. The van der Waals surface area contributed by atoms with Gasteiger partial charge in [-0.3, -0.25) is 4.79 Å². The Labute approximate surface area is 127 Å². The highest BCUT2D eigenvalue weighted by atomic mass is 16.2. The number of nitrogens with one attached hydrogen (secondary N) is 1. The number of hydrogen-bond donors (Lipinski definition) is 1. The highest BCUT2D eigenvalue weighted by Gasteiger charge is 2.32. The predicted octanol–water partition coefficient (Wildman–Crippen LogP) is 2.39. The third kappa shape index (κ3) is 3.05. The van der Waals surface area contributed by atoms with E-state index in [1.807, 2.05) is 4.90 Å². The normalized spacial score (nSPS) is 22.6. The molecule has 0 spiro atoms. The summed E-state index contributed by atoms with van der Waals surface area (Å²) in [4.78, 5) is 16.8. The van der Waals surface area contributed by atoms with E-state index in [9.17, 15) is 4.79 Å². The van der Waals surface area contributed by atoms with Gasteiger partial charge in [-0.15, -0.1) is 0 Å². The lowest BCUT2D eigenvalue weighted by atomic mass is 10.2. The molecule has 1 amide bonds. The highest BCUT2D eigenvalue weighted by molar-refractivity contribution is 5.99. The molecular formula is C17H25N3O. The summed E-state index contributed by atoms with van der Waals surface area (Å²) in [6.07, 6.45) is 3.47. The largest absolute Gasteiger partial charge is 0.372 e. The third-order valence-corrected chi connectivity index (χ3v) is 4.37. The molecule has 2 aliphatic heterocycles. The zero-order chi connectivity index (χ0) is 14.8. The highest BCUT2D eigenvalue weighted by Crippen LogP contribution is 2.26. The molecule has 2 fully saturated rings. The second kappa shape index (κ2) is 6.06. The first-order valence-electron chi connectivity index (χ1n) is 8.07. The van der Waals surface area contributed by atoms with E-state index in [1.54, 1.807) is 0 Å². The zero-order valence-corrected chi connectivity index (χ0v) is 13.0. The Morgan fingerprint density at radius 3 is 2.29 bits per heavy atom. The van der Waals surface area contributed by atoms with Gasteiger partial charge in [0.05, 0.1) is 6.04 Å². The van der Waals surface area contributed by atoms with Crippen LogP contribution in [-0.2, 0) is 4.79 Å². The smallest absolute Gasteiger partial charge is 0.244 e. The Bertz CT molecular complexity index is 491. The fourth-order valence-corrected chi connectivity index (χ4v) is 3.31. The molecule has 2 aliphatic rings. The van der Waals surface area contributed by atoms with Gasteiger partial charge < -0.3 is 15.1 Å². The van der Waals surface area contributed by atoms with E-state index in [0.717, 1.165) is 31.7 Å². The maximum absolute atomic E-state index is 12.4. The van der Waals surface area contributed by atoms with Crippen LogP contribution in [0.5, 0.6) is 0 Å². The number of anilines is 2. The minimum atomic E-state index is -0.0248. The third-order valence-electron chi connectivity index (χ3n) is 4.37. The van der Waals surface area contributed by atoms with Crippen LogP contribution < -0.4 is 15.1 Å². The first kappa shape index (κ1) is 14.4. The van der Waals surface area contributed by atoms with Gasteiger partial charge in [-0.2, -0.15) is 0 Å². The first-order valence-corrected chi connectivity index (χ1v) is 8.07. The van der Waals surface area contributed by atoms with Crippen molar-refractivity contribution >= 4 is 17.3 Å². The number of hydrogen-bond acceptors (Lipinski definition) is 3. The van der Waals surface area contributed by atoms with Gasteiger partial charge >= 0.3 is 0 Å². The molecule has 4 heteroatoms. The van der Waals surface area contributed by atoms with Gasteiger partial charge in [0.2, 0.25) is 5.91 Å². The standard InChI is InChI=1S/C17H25N3O/c1-13(2)18-16-9-12-20(17(16)21)15-7-5-14(6-8-15)19-10-3-4-11-19/h5-8,13,16,18H,3-4,9-12H2,1-2H3. The van der Waals surface area contributed by atoms with Crippen LogP contribution in [0, 0.1) is 0 Å². The van der Waals surface area contributed by atoms with Crippen LogP contribution in [-0.4, -0.2) is 37.6 Å². The molecule has 3 rings (SSSR count). The van der Waals surface area contributed by atoms with E-state index < -0.39 is 0 Å². The monoisotopic (exact) mass is 287 g/mol. The van der Waals surface area contributed by atoms with Crippen LogP contribution in [0.15, 0.2) is 24.3 Å². The number of carbonyl (C=O) groups excluding carboxylic acids is 1. The molecule has 21 heavy (non-hydrogen) atoms. The van der Waals surface area contributed by atoms with Crippen LogP contribution in [0.1, 0.15) is 33.1 Å². The minimum Gasteiger partial charge on any atom is -0.372 e. The molecular weight excluding hydrogens is 262 g/mol. The van der Waals surface area contributed by atoms with Crippen molar-refractivity contribution in [2.45, 2.75) is 45.2 Å². The van der Waals surface area contributed by atoms with E-state index in [-0.39, 0.29) is 11.9 Å². The fourth-order valence-electron chi connectivity index (χ4n) is 3.31. The van der Waals surface area contributed by atoms with Crippen molar-refractivity contribution in [3.63, 3.8) is 0 Å². The SMILES string of the molecule is CC(C)NC1CCN(c2ccc(N3CCCC3)cc2)C1=O. The quantitative estimate of drug-likeness (QED) is 0.923. The van der Waals surface area contributed by atoms with Gasteiger partial charge in [-0.25, -0.2) is 0 Å². The van der Waals surface area contributed by atoms with Crippen LogP contribution in [0.2, 0.25) is 0 Å². The topological polar surface area (TPSA) is 35.6 Å². The summed E-state index contributed by atoms with van der Waals surface area (Å²) in [6.45, 7) is 7.29. The summed E-state index contributed by atoms with van der Waals surface area (Å²) in [5, 5.41) is 3.35. The molecule has 1 N–H and O–H groups in total. The molecule has 2 saturated heterocycles. The van der Waals surface area contributed by atoms with Crippen LogP contribution in [0.3, 0.4) is 0 Å². The number of amides is 1. The summed E-state index contributed by atoms with van der Waals surface area (Å²) in [7, 11) is 0. The Morgan fingerprint density at radius 2 is 1.67 bits per heavy atom. The second-order valence-corrected chi connectivity index (χ2v) is 6.36. The molecule has 2 heterocycles. The van der Waals surface area contributed by atoms with Crippen LogP contribution in [0.25, 0.3) is 0 Å². The molecule has 1 aromatic carbocycles. The molecule has 114 valence electrons. The maximum Gasteiger partial charge on any atom is 0.244 e. The van der Waals surface area contributed by atoms with Crippen molar-refractivity contribution in [3.05, 3.63) is 24.3 Å². The van der Waals surface area contributed by atoms with E-state index in [4.69, 9.17) is 0 Å². The second-order valence-electron chi connectivity index (χ2n) is 6.36. The van der Waals surface area contributed by atoms with E-state index in [2.05, 4.69) is 48.3 Å². The maximum atomic E-state index is 12.4.